The fourth-order valence-corrected chi connectivity index (χ4v) is 3.53. The number of nitrogens with zero attached hydrogens (tertiary/aromatic N) is 3. The average Bonchev–Trinajstić information content (AvgIpc) is 3.26. The van der Waals surface area contributed by atoms with Crippen molar-refractivity contribution in [1.29, 1.82) is 0 Å². The lowest BCUT2D eigenvalue weighted by Gasteiger charge is -2.10. The highest BCUT2D eigenvalue weighted by Gasteiger charge is 2.20. The summed E-state index contributed by atoms with van der Waals surface area (Å²) in [4.78, 5) is 33.5. The summed E-state index contributed by atoms with van der Waals surface area (Å²) in [5.74, 6) is -0.360. The third-order valence-electron chi connectivity index (χ3n) is 3.67. The van der Waals surface area contributed by atoms with Gasteiger partial charge in [-0.15, -0.1) is 11.3 Å². The molecule has 4 aromatic rings. The lowest BCUT2D eigenvalue weighted by molar-refractivity contribution is -0.137. The van der Waals surface area contributed by atoms with Crippen LogP contribution in [0.25, 0.3) is 33.1 Å². The number of furan rings is 1. The number of carbonyl (C=O) groups is 1. The Balaban J connectivity index is 2.04. The van der Waals surface area contributed by atoms with E-state index in [1.807, 2.05) is 0 Å². The number of thiophene rings is 1. The van der Waals surface area contributed by atoms with Crippen LogP contribution in [0, 0.1) is 0 Å². The molecule has 8 heteroatoms. The van der Waals surface area contributed by atoms with E-state index in [0.717, 1.165) is 4.57 Å². The molecule has 0 saturated carbocycles. The first kappa shape index (κ1) is 15.3. The minimum absolute atomic E-state index is 0.230. The topological polar surface area (TPSA) is 98.2 Å². The molecule has 124 valence electrons. The van der Waals surface area contributed by atoms with Crippen LogP contribution in [0.4, 0.5) is 0 Å². The molecule has 25 heavy (non-hydrogen) atoms. The van der Waals surface area contributed by atoms with E-state index in [1.165, 1.54) is 17.6 Å². The number of pyridine rings is 1. The Hall–Kier alpha value is -3.26. The van der Waals surface area contributed by atoms with Gasteiger partial charge in [-0.05, 0) is 24.3 Å². The van der Waals surface area contributed by atoms with Crippen molar-refractivity contribution in [3.05, 3.63) is 58.5 Å². The van der Waals surface area contributed by atoms with Gasteiger partial charge < -0.3 is 9.52 Å². The molecule has 0 aromatic carbocycles. The van der Waals surface area contributed by atoms with Crippen molar-refractivity contribution < 1.29 is 14.3 Å². The second kappa shape index (κ2) is 5.99. The molecule has 1 N–H and O–H groups in total. The summed E-state index contributed by atoms with van der Waals surface area (Å²) < 4.78 is 6.51. The van der Waals surface area contributed by atoms with Gasteiger partial charge in [0.2, 0.25) is 0 Å². The molecule has 0 radical (unpaired) electrons. The van der Waals surface area contributed by atoms with Crippen molar-refractivity contribution in [2.45, 2.75) is 6.54 Å². The molecular formula is C17H11N3O4S. The monoisotopic (exact) mass is 353 g/mol. The largest absolute Gasteiger partial charge is 0.480 e. The molecule has 0 unspecified atom stereocenters. The average molecular weight is 353 g/mol. The van der Waals surface area contributed by atoms with Gasteiger partial charge in [-0.25, -0.2) is 4.98 Å². The van der Waals surface area contributed by atoms with Crippen LogP contribution in [0.5, 0.6) is 0 Å². The highest BCUT2D eigenvalue weighted by molar-refractivity contribution is 7.17. The zero-order valence-corrected chi connectivity index (χ0v) is 13.6. The molecule has 0 bridgehead atoms. The Labute approximate surface area is 144 Å². The SMILES string of the molecule is O=C(O)Cn1c(-c2ccccn2)nc2scc(-c3ccco3)c2c1=O. The Morgan fingerprint density at radius 3 is 2.84 bits per heavy atom. The maximum Gasteiger partial charge on any atom is 0.323 e. The second-order valence-corrected chi connectivity index (χ2v) is 6.10. The maximum atomic E-state index is 13.0. The van der Waals surface area contributed by atoms with E-state index in [-0.39, 0.29) is 5.82 Å². The van der Waals surface area contributed by atoms with Crippen LogP contribution in [-0.2, 0) is 11.3 Å². The Kier molecular flexibility index (Phi) is 3.66. The van der Waals surface area contributed by atoms with Crippen molar-refractivity contribution in [2.24, 2.45) is 0 Å². The van der Waals surface area contributed by atoms with Crippen LogP contribution in [-0.4, -0.2) is 25.6 Å². The molecule has 0 amide bonds. The number of fused-ring (bicyclic) bond motifs is 1. The summed E-state index contributed by atoms with van der Waals surface area (Å²) >= 11 is 1.30. The maximum absolute atomic E-state index is 13.0. The van der Waals surface area contributed by atoms with Gasteiger partial charge in [-0.2, -0.15) is 0 Å². The van der Waals surface area contributed by atoms with E-state index in [0.29, 0.717) is 27.2 Å². The molecule has 7 nitrogen and oxygen atoms in total. The normalized spacial score (nSPS) is 11.0. The van der Waals surface area contributed by atoms with E-state index in [2.05, 4.69) is 9.97 Å². The van der Waals surface area contributed by atoms with Gasteiger partial charge in [0.15, 0.2) is 5.82 Å². The summed E-state index contributed by atoms with van der Waals surface area (Å²) in [6.45, 7) is -0.499. The molecule has 0 aliphatic heterocycles. The zero-order valence-electron chi connectivity index (χ0n) is 12.7. The first-order chi connectivity index (χ1) is 12.1. The summed E-state index contributed by atoms with van der Waals surface area (Å²) in [6.07, 6.45) is 3.09. The second-order valence-electron chi connectivity index (χ2n) is 5.24. The van der Waals surface area contributed by atoms with Gasteiger partial charge >= 0.3 is 5.97 Å². The fraction of sp³-hybridized carbons (Fsp3) is 0.0588. The lowest BCUT2D eigenvalue weighted by atomic mass is 10.2. The summed E-state index contributed by atoms with van der Waals surface area (Å²) in [7, 11) is 0. The third kappa shape index (κ3) is 2.62. The molecule has 0 aliphatic carbocycles. The van der Waals surface area contributed by atoms with E-state index in [1.54, 1.807) is 41.9 Å². The quantitative estimate of drug-likeness (QED) is 0.606. The number of carboxylic acid groups (broad SMARTS) is 1. The van der Waals surface area contributed by atoms with E-state index >= 15 is 0 Å². The van der Waals surface area contributed by atoms with Gasteiger partial charge in [0.05, 0.1) is 11.6 Å². The van der Waals surface area contributed by atoms with Crippen LogP contribution < -0.4 is 5.56 Å². The molecule has 4 aromatic heterocycles. The minimum Gasteiger partial charge on any atom is -0.480 e. The molecule has 0 atom stereocenters. The molecule has 0 fully saturated rings. The molecule has 0 aliphatic rings. The highest BCUT2D eigenvalue weighted by atomic mass is 32.1. The van der Waals surface area contributed by atoms with Gasteiger partial charge in [-0.3, -0.25) is 19.1 Å². The van der Waals surface area contributed by atoms with Crippen LogP contribution in [0.3, 0.4) is 0 Å². The number of aromatic nitrogens is 3. The van der Waals surface area contributed by atoms with Crippen molar-refractivity contribution in [3.8, 4) is 22.8 Å². The highest BCUT2D eigenvalue weighted by Crippen LogP contribution is 2.32. The Bertz CT molecular complexity index is 1110. The molecule has 0 spiro atoms. The van der Waals surface area contributed by atoms with Crippen LogP contribution >= 0.6 is 11.3 Å². The first-order valence-electron chi connectivity index (χ1n) is 7.34. The van der Waals surface area contributed by atoms with E-state index in [4.69, 9.17) is 4.42 Å². The first-order valence-corrected chi connectivity index (χ1v) is 8.22. The molecule has 4 heterocycles. The Morgan fingerprint density at radius 1 is 1.28 bits per heavy atom. The van der Waals surface area contributed by atoms with E-state index < -0.39 is 18.1 Å². The summed E-state index contributed by atoms with van der Waals surface area (Å²) in [5, 5.41) is 11.3. The number of carboxylic acids is 1. The fourth-order valence-electron chi connectivity index (χ4n) is 2.61. The minimum atomic E-state index is -1.13. The molecule has 0 saturated heterocycles. The van der Waals surface area contributed by atoms with Crippen LogP contribution in [0.15, 0.2) is 57.4 Å². The van der Waals surface area contributed by atoms with Gasteiger partial charge in [0, 0.05) is 17.1 Å². The van der Waals surface area contributed by atoms with Crippen molar-refractivity contribution in [3.63, 3.8) is 0 Å². The number of hydrogen-bond acceptors (Lipinski definition) is 6. The van der Waals surface area contributed by atoms with Gasteiger partial charge in [-0.1, -0.05) is 6.07 Å². The Morgan fingerprint density at radius 2 is 2.16 bits per heavy atom. The smallest absolute Gasteiger partial charge is 0.323 e. The standard InChI is InChI=1S/C17H11N3O4S/c21-13(22)8-20-15(11-4-1-2-6-18-11)19-16-14(17(20)23)10(9-25-16)12-5-3-7-24-12/h1-7,9H,8H2,(H,21,22). The predicted octanol–water partition coefficient (Wildman–Crippen LogP) is 2.86. The van der Waals surface area contributed by atoms with Crippen molar-refractivity contribution in [1.82, 2.24) is 14.5 Å². The predicted molar refractivity (Wildman–Crippen MR) is 92.4 cm³/mol. The van der Waals surface area contributed by atoms with Crippen LogP contribution in [0.2, 0.25) is 0 Å². The summed E-state index contributed by atoms with van der Waals surface area (Å²) in [6, 6.07) is 8.65. The number of rotatable bonds is 4. The third-order valence-corrected chi connectivity index (χ3v) is 4.54. The molecule has 4 rings (SSSR count). The zero-order chi connectivity index (χ0) is 17.4. The lowest BCUT2D eigenvalue weighted by Crippen LogP contribution is -2.27. The molecular weight excluding hydrogens is 342 g/mol. The van der Waals surface area contributed by atoms with Crippen LogP contribution in [0.1, 0.15) is 0 Å². The van der Waals surface area contributed by atoms with Gasteiger partial charge in [0.25, 0.3) is 5.56 Å². The van der Waals surface area contributed by atoms with E-state index in [9.17, 15) is 14.7 Å². The number of aliphatic carboxylic acids is 1. The van der Waals surface area contributed by atoms with Crippen molar-refractivity contribution >= 4 is 27.5 Å². The number of hydrogen-bond donors (Lipinski definition) is 1. The summed E-state index contributed by atoms with van der Waals surface area (Å²) in [5.41, 5.74) is 0.616. The van der Waals surface area contributed by atoms with Crippen molar-refractivity contribution in [2.75, 3.05) is 0 Å². The van der Waals surface area contributed by atoms with Gasteiger partial charge in [0.1, 0.15) is 22.8 Å².